The number of ether oxygens (including phenoxy) is 1. The van der Waals surface area contributed by atoms with Gasteiger partial charge in [0.05, 0.1) is 24.1 Å². The van der Waals surface area contributed by atoms with Crippen LogP contribution in [0.5, 0.6) is 0 Å². The van der Waals surface area contributed by atoms with Gasteiger partial charge in [-0.15, -0.1) is 0 Å². The Morgan fingerprint density at radius 2 is 1.84 bits per heavy atom. The highest BCUT2D eigenvalue weighted by atomic mass is 32.2. The molecule has 0 aliphatic heterocycles. The van der Waals surface area contributed by atoms with E-state index >= 15 is 0 Å². The maximum atomic E-state index is 12.0. The van der Waals surface area contributed by atoms with Crippen molar-refractivity contribution in [2.75, 3.05) is 12.4 Å². The van der Waals surface area contributed by atoms with E-state index in [-0.39, 0.29) is 17.6 Å². The van der Waals surface area contributed by atoms with Gasteiger partial charge in [0.15, 0.2) is 5.16 Å². The third-order valence-electron chi connectivity index (χ3n) is 3.98. The number of esters is 1. The molecule has 0 bridgehead atoms. The zero-order valence-corrected chi connectivity index (χ0v) is 18.2. The van der Waals surface area contributed by atoms with Crippen LogP contribution < -0.4 is 5.43 Å². The Morgan fingerprint density at radius 1 is 1.13 bits per heavy atom. The molecule has 1 amide bonds. The first-order valence-electron chi connectivity index (χ1n) is 9.59. The number of aromatic nitrogens is 2. The minimum atomic E-state index is -0.362. The molecule has 3 aromatic rings. The Balaban J connectivity index is 1.52. The van der Waals surface area contributed by atoms with Crippen LogP contribution in [0.1, 0.15) is 34.4 Å². The third-order valence-corrected chi connectivity index (χ3v) is 4.83. The molecule has 9 heteroatoms. The van der Waals surface area contributed by atoms with Gasteiger partial charge in [-0.2, -0.15) is 5.10 Å². The first kappa shape index (κ1) is 22.2. The van der Waals surface area contributed by atoms with Crippen LogP contribution in [0.4, 0.5) is 0 Å². The highest BCUT2D eigenvalue weighted by molar-refractivity contribution is 7.99. The molecule has 31 heavy (non-hydrogen) atoms. The van der Waals surface area contributed by atoms with E-state index in [2.05, 4.69) is 20.5 Å². The number of aryl methyl sites for hydroxylation is 2. The average Bonchev–Trinajstić information content (AvgIpc) is 3.21. The number of benzene rings is 1. The van der Waals surface area contributed by atoms with Gasteiger partial charge in [-0.3, -0.25) is 4.79 Å². The number of carbonyl (C=O) groups is 2. The predicted molar refractivity (Wildman–Crippen MR) is 118 cm³/mol. The lowest BCUT2D eigenvalue weighted by atomic mass is 10.1. The molecule has 2 aromatic heterocycles. The molecule has 0 aliphatic carbocycles. The molecule has 8 nitrogen and oxygen atoms in total. The highest BCUT2D eigenvalue weighted by Crippen LogP contribution is 2.22. The molecule has 0 saturated heterocycles. The number of rotatable bonds is 8. The monoisotopic (exact) mass is 438 g/mol. The molecular weight excluding hydrogens is 416 g/mol. The van der Waals surface area contributed by atoms with Gasteiger partial charge in [0.25, 0.3) is 5.91 Å². The second-order valence-corrected chi connectivity index (χ2v) is 7.46. The molecular formula is C22H22N4O4S. The zero-order chi connectivity index (χ0) is 22.2. The largest absolute Gasteiger partial charge is 0.462 e. The van der Waals surface area contributed by atoms with Gasteiger partial charge in [-0.1, -0.05) is 23.9 Å². The lowest BCUT2D eigenvalue weighted by Crippen LogP contribution is -2.19. The van der Waals surface area contributed by atoms with Crippen LogP contribution in [-0.4, -0.2) is 40.4 Å². The number of hydrazone groups is 1. The first-order valence-corrected chi connectivity index (χ1v) is 10.6. The van der Waals surface area contributed by atoms with E-state index in [4.69, 9.17) is 9.15 Å². The fraction of sp³-hybridized carbons (Fsp3) is 0.227. The van der Waals surface area contributed by atoms with E-state index in [0.717, 1.165) is 17.0 Å². The summed E-state index contributed by atoms with van der Waals surface area (Å²) >= 11 is 1.25. The van der Waals surface area contributed by atoms with Gasteiger partial charge in [-0.25, -0.2) is 20.2 Å². The van der Waals surface area contributed by atoms with Crippen LogP contribution in [0.15, 0.2) is 57.1 Å². The van der Waals surface area contributed by atoms with Crippen molar-refractivity contribution in [1.82, 2.24) is 15.4 Å². The molecule has 0 spiro atoms. The number of nitrogens with zero attached hydrogens (tertiary/aromatic N) is 3. The summed E-state index contributed by atoms with van der Waals surface area (Å²) in [7, 11) is 0. The fourth-order valence-electron chi connectivity index (χ4n) is 2.65. The number of hydrogen-bond acceptors (Lipinski definition) is 8. The Hall–Kier alpha value is -3.46. The molecule has 0 radical (unpaired) electrons. The van der Waals surface area contributed by atoms with E-state index in [1.165, 1.54) is 18.0 Å². The second kappa shape index (κ2) is 10.5. The van der Waals surface area contributed by atoms with Gasteiger partial charge >= 0.3 is 5.97 Å². The molecule has 0 aliphatic rings. The van der Waals surface area contributed by atoms with Crippen LogP contribution in [0.25, 0.3) is 11.3 Å². The van der Waals surface area contributed by atoms with Crippen LogP contribution in [-0.2, 0) is 9.53 Å². The van der Waals surface area contributed by atoms with Gasteiger partial charge in [0.1, 0.15) is 11.5 Å². The number of nitrogens with one attached hydrogen (secondary N) is 1. The molecule has 0 fully saturated rings. The summed E-state index contributed by atoms with van der Waals surface area (Å²) in [6.45, 7) is 5.86. The molecule has 3 rings (SSSR count). The van der Waals surface area contributed by atoms with Crippen LogP contribution >= 0.6 is 11.8 Å². The topological polar surface area (TPSA) is 107 Å². The standard InChI is InChI=1S/C22H22N4O4S/c1-4-29-21(28)17-7-5-16(6-8-17)19-10-9-18(30-19)12-23-26-20(27)13-31-22-24-14(2)11-15(3)25-22/h5-12H,4,13H2,1-3H3,(H,26,27)/b23-12-. The quantitative estimate of drug-likeness (QED) is 0.188. The number of furan rings is 1. The number of hydrogen-bond donors (Lipinski definition) is 1. The van der Waals surface area contributed by atoms with E-state index < -0.39 is 0 Å². The van der Waals surface area contributed by atoms with Crippen molar-refractivity contribution in [2.45, 2.75) is 25.9 Å². The average molecular weight is 439 g/mol. The smallest absolute Gasteiger partial charge is 0.338 e. The molecule has 1 N–H and O–H groups in total. The maximum absolute atomic E-state index is 12.0. The number of amides is 1. The molecule has 0 saturated carbocycles. The Kier molecular flexibility index (Phi) is 7.55. The van der Waals surface area contributed by atoms with Gasteiger partial charge in [0, 0.05) is 17.0 Å². The molecule has 0 unspecified atom stereocenters. The predicted octanol–water partition coefficient (Wildman–Crippen LogP) is 3.77. The normalized spacial score (nSPS) is 10.9. The fourth-order valence-corrected chi connectivity index (χ4v) is 3.39. The first-order chi connectivity index (χ1) is 14.9. The highest BCUT2D eigenvalue weighted by Gasteiger charge is 2.09. The minimum absolute atomic E-state index is 0.149. The van der Waals surface area contributed by atoms with Crippen molar-refractivity contribution in [1.29, 1.82) is 0 Å². The van der Waals surface area contributed by atoms with Crippen LogP contribution in [0, 0.1) is 13.8 Å². The molecule has 1 aromatic carbocycles. The van der Waals surface area contributed by atoms with Crippen molar-refractivity contribution in [2.24, 2.45) is 5.10 Å². The molecule has 2 heterocycles. The number of thioether (sulfide) groups is 1. The number of carbonyl (C=O) groups excluding carboxylic acids is 2. The Bertz CT molecular complexity index is 1070. The summed E-state index contributed by atoms with van der Waals surface area (Å²) in [5, 5.41) is 4.48. The van der Waals surface area contributed by atoms with E-state index in [9.17, 15) is 9.59 Å². The second-order valence-electron chi connectivity index (χ2n) is 6.51. The van der Waals surface area contributed by atoms with Gasteiger partial charge < -0.3 is 9.15 Å². The summed E-state index contributed by atoms with van der Waals surface area (Å²) in [6, 6.07) is 12.3. The van der Waals surface area contributed by atoms with Crippen LogP contribution in [0.2, 0.25) is 0 Å². The van der Waals surface area contributed by atoms with Crippen molar-refractivity contribution in [3.05, 3.63) is 65.2 Å². The van der Waals surface area contributed by atoms with Gasteiger partial charge in [-0.05, 0) is 51.1 Å². The molecule has 160 valence electrons. The van der Waals surface area contributed by atoms with E-state index in [1.807, 2.05) is 19.9 Å². The van der Waals surface area contributed by atoms with Crippen LogP contribution in [0.3, 0.4) is 0 Å². The van der Waals surface area contributed by atoms with E-state index in [0.29, 0.717) is 28.8 Å². The van der Waals surface area contributed by atoms with Crippen molar-refractivity contribution >= 4 is 29.9 Å². The summed E-state index contributed by atoms with van der Waals surface area (Å²) in [5.74, 6) is 0.613. The van der Waals surface area contributed by atoms with Crippen molar-refractivity contribution < 1.29 is 18.7 Å². The Labute approximate surface area is 184 Å². The zero-order valence-electron chi connectivity index (χ0n) is 17.4. The summed E-state index contributed by atoms with van der Waals surface area (Å²) in [4.78, 5) is 32.3. The van der Waals surface area contributed by atoms with Gasteiger partial charge in [0.2, 0.25) is 0 Å². The lowest BCUT2D eigenvalue weighted by Gasteiger charge is -2.02. The SMILES string of the molecule is CCOC(=O)c1ccc(-c2ccc(/C=N\NC(=O)CSc3nc(C)cc(C)n3)o2)cc1. The minimum Gasteiger partial charge on any atom is -0.462 e. The third kappa shape index (κ3) is 6.51. The maximum Gasteiger partial charge on any atom is 0.338 e. The summed E-state index contributed by atoms with van der Waals surface area (Å²) in [5.41, 5.74) is 5.46. The lowest BCUT2D eigenvalue weighted by molar-refractivity contribution is -0.118. The van der Waals surface area contributed by atoms with E-state index in [1.54, 1.807) is 43.3 Å². The van der Waals surface area contributed by atoms with Crippen molar-refractivity contribution in [3.63, 3.8) is 0 Å². The Morgan fingerprint density at radius 3 is 2.52 bits per heavy atom. The van der Waals surface area contributed by atoms with Crippen molar-refractivity contribution in [3.8, 4) is 11.3 Å². The summed E-state index contributed by atoms with van der Waals surface area (Å²) < 4.78 is 10.7. The summed E-state index contributed by atoms with van der Waals surface area (Å²) in [6.07, 6.45) is 1.42. The molecule has 0 atom stereocenters.